The van der Waals surface area contributed by atoms with Crippen molar-refractivity contribution < 1.29 is 23.4 Å². The van der Waals surface area contributed by atoms with Crippen LogP contribution in [0.4, 0.5) is 8.78 Å². The topological polar surface area (TPSA) is 46.5 Å². The molecule has 0 heterocycles. The number of aliphatic hydroxyl groups excluding tert-OH is 1. The van der Waals surface area contributed by atoms with E-state index in [0.717, 1.165) is 25.3 Å². The Morgan fingerprint density at radius 2 is 1.69 bits per heavy atom. The van der Waals surface area contributed by atoms with Crippen LogP contribution >= 0.6 is 0 Å². The first-order valence-corrected chi connectivity index (χ1v) is 9.56. The first kappa shape index (κ1) is 24.5. The minimum Gasteiger partial charge on any atom is -0.469 e. The molecule has 0 unspecified atom stereocenters. The zero-order valence-corrected chi connectivity index (χ0v) is 16.1. The Hall–Kier alpha value is -1.49. The van der Waals surface area contributed by atoms with Crippen LogP contribution in [0.3, 0.4) is 0 Å². The molecule has 0 spiro atoms. The molecule has 3 nitrogen and oxygen atoms in total. The van der Waals surface area contributed by atoms with Crippen LogP contribution in [0.25, 0.3) is 0 Å². The molecule has 0 aromatic rings. The Labute approximate surface area is 156 Å². The highest BCUT2D eigenvalue weighted by molar-refractivity contribution is 5.69. The second-order valence-corrected chi connectivity index (χ2v) is 6.44. The smallest absolute Gasteiger partial charge is 0.305 e. The van der Waals surface area contributed by atoms with Crippen LogP contribution < -0.4 is 0 Å². The third-order valence-electron chi connectivity index (χ3n) is 3.98. The Balaban J connectivity index is 3.91. The highest BCUT2D eigenvalue weighted by Crippen LogP contribution is 2.23. The van der Waals surface area contributed by atoms with Crippen molar-refractivity contribution >= 4 is 5.97 Å². The molecule has 0 aromatic carbocycles. The van der Waals surface area contributed by atoms with E-state index in [0.29, 0.717) is 0 Å². The second kappa shape index (κ2) is 15.7. The maximum Gasteiger partial charge on any atom is 0.305 e. The van der Waals surface area contributed by atoms with Gasteiger partial charge in [0.05, 0.1) is 13.2 Å². The number of carbonyl (C=O) groups excluding carboxylic acids is 1. The molecule has 0 amide bonds. The maximum atomic E-state index is 13.5. The van der Waals surface area contributed by atoms with Crippen LogP contribution in [0.5, 0.6) is 0 Å². The predicted molar refractivity (Wildman–Crippen MR) is 102 cm³/mol. The van der Waals surface area contributed by atoms with E-state index in [4.69, 9.17) is 0 Å². The molecule has 0 rings (SSSR count). The largest absolute Gasteiger partial charge is 0.469 e. The summed E-state index contributed by atoms with van der Waals surface area (Å²) in [7, 11) is 1.24. The van der Waals surface area contributed by atoms with Gasteiger partial charge in [-0.25, -0.2) is 8.78 Å². The molecule has 5 heteroatoms. The quantitative estimate of drug-likeness (QED) is 0.226. The molecule has 1 atom stereocenters. The van der Waals surface area contributed by atoms with Crippen molar-refractivity contribution in [1.82, 2.24) is 0 Å². The van der Waals surface area contributed by atoms with Crippen molar-refractivity contribution in [3.63, 3.8) is 0 Å². The zero-order chi connectivity index (χ0) is 19.7. The van der Waals surface area contributed by atoms with E-state index in [1.807, 2.05) is 0 Å². The number of unbranched alkanes of at least 4 members (excludes halogenated alkanes) is 5. The van der Waals surface area contributed by atoms with Crippen molar-refractivity contribution in [1.29, 1.82) is 0 Å². The third-order valence-corrected chi connectivity index (χ3v) is 3.98. The van der Waals surface area contributed by atoms with Gasteiger partial charge in [0.1, 0.15) is 0 Å². The molecule has 0 bridgehead atoms. The minimum atomic E-state index is -2.95. The number of ether oxygens (including phenoxy) is 1. The van der Waals surface area contributed by atoms with Crippen molar-refractivity contribution in [3.05, 3.63) is 36.5 Å². The molecule has 0 aliphatic carbocycles. The average molecular weight is 372 g/mol. The lowest BCUT2D eigenvalue weighted by Crippen LogP contribution is -2.12. The van der Waals surface area contributed by atoms with Gasteiger partial charge in [-0.1, -0.05) is 75.8 Å². The summed E-state index contributed by atoms with van der Waals surface area (Å²) in [5, 5.41) is 9.80. The third kappa shape index (κ3) is 16.0. The summed E-state index contributed by atoms with van der Waals surface area (Å²) in [6, 6.07) is 0. The number of rotatable bonds is 15. The van der Waals surface area contributed by atoms with Crippen molar-refractivity contribution in [2.45, 2.75) is 83.2 Å². The maximum absolute atomic E-state index is 13.5. The van der Waals surface area contributed by atoms with E-state index in [9.17, 15) is 18.7 Å². The zero-order valence-electron chi connectivity index (χ0n) is 16.1. The molecule has 0 aliphatic heterocycles. The molecule has 1 N–H and O–H groups in total. The predicted octanol–water partition coefficient (Wildman–Crippen LogP) is 5.75. The van der Waals surface area contributed by atoms with Crippen LogP contribution in [0.15, 0.2) is 36.5 Å². The van der Waals surface area contributed by atoms with Gasteiger partial charge in [0.25, 0.3) is 5.92 Å². The van der Waals surface area contributed by atoms with E-state index in [1.54, 1.807) is 18.2 Å². The number of hydrogen-bond donors (Lipinski definition) is 1. The number of esters is 1. The number of carbonyl (C=O) groups is 1. The average Bonchev–Trinajstić information content (AvgIpc) is 2.60. The van der Waals surface area contributed by atoms with Gasteiger partial charge in [0.15, 0.2) is 0 Å². The number of hydrogen-bond acceptors (Lipinski definition) is 3. The van der Waals surface area contributed by atoms with Crippen LogP contribution in [-0.2, 0) is 9.53 Å². The van der Waals surface area contributed by atoms with E-state index >= 15 is 0 Å². The standard InChI is InChI=1S/C21H34F2O3/c1-3-4-5-6-7-10-14-19(24)15-11-8-9-12-17-21(22,23)18-13-16-20(25)26-2/h8-9,11-12,15,17,19,24H,3-7,10,13-14,16,18H2,1-2H3/b9-8+,15-11+,17-12-/t19-/m0/s1. The fourth-order valence-corrected chi connectivity index (χ4v) is 2.40. The van der Waals surface area contributed by atoms with E-state index in [2.05, 4.69) is 11.7 Å². The summed E-state index contributed by atoms with van der Waals surface area (Å²) in [5.74, 6) is -3.42. The Morgan fingerprint density at radius 1 is 1.04 bits per heavy atom. The number of allylic oxidation sites excluding steroid dienone is 5. The van der Waals surface area contributed by atoms with Gasteiger partial charge in [-0.05, 0) is 18.9 Å². The second-order valence-electron chi connectivity index (χ2n) is 6.44. The fraction of sp³-hybridized carbons (Fsp3) is 0.667. The van der Waals surface area contributed by atoms with Crippen molar-refractivity contribution in [3.8, 4) is 0 Å². The molecule has 0 aliphatic rings. The normalized spacial score (nSPS) is 13.9. The lowest BCUT2D eigenvalue weighted by Gasteiger charge is -2.10. The Morgan fingerprint density at radius 3 is 2.38 bits per heavy atom. The molecule has 0 aromatic heterocycles. The highest BCUT2D eigenvalue weighted by atomic mass is 19.3. The van der Waals surface area contributed by atoms with Gasteiger partial charge < -0.3 is 9.84 Å². The summed E-state index contributed by atoms with van der Waals surface area (Å²) < 4.78 is 31.5. The highest BCUT2D eigenvalue weighted by Gasteiger charge is 2.24. The first-order valence-electron chi connectivity index (χ1n) is 9.56. The summed E-state index contributed by atoms with van der Waals surface area (Å²) in [4.78, 5) is 10.9. The molecular weight excluding hydrogens is 338 g/mol. The summed E-state index contributed by atoms with van der Waals surface area (Å²) in [5.41, 5.74) is 0. The Bertz CT molecular complexity index is 443. The molecule has 26 heavy (non-hydrogen) atoms. The lowest BCUT2D eigenvalue weighted by atomic mass is 10.1. The monoisotopic (exact) mass is 372 g/mol. The van der Waals surface area contributed by atoms with Gasteiger partial charge in [-0.15, -0.1) is 0 Å². The SMILES string of the molecule is CCCCCCCC[C@H](O)/C=C/C=C/C=C\C(F)(F)CCCC(=O)OC. The molecule has 0 saturated carbocycles. The molecule has 0 fully saturated rings. The van der Waals surface area contributed by atoms with Gasteiger partial charge in [-0.2, -0.15) is 0 Å². The number of halogens is 2. The minimum absolute atomic E-state index is 0.00496. The number of methoxy groups -OCH3 is 1. The Kier molecular flexibility index (Phi) is 14.8. The van der Waals surface area contributed by atoms with Crippen molar-refractivity contribution in [2.24, 2.45) is 0 Å². The van der Waals surface area contributed by atoms with E-state index in [-0.39, 0.29) is 19.3 Å². The van der Waals surface area contributed by atoms with Gasteiger partial charge in [0.2, 0.25) is 0 Å². The van der Waals surface area contributed by atoms with Crippen molar-refractivity contribution in [2.75, 3.05) is 7.11 Å². The van der Waals surface area contributed by atoms with Crippen LogP contribution in [-0.4, -0.2) is 30.2 Å². The van der Waals surface area contributed by atoms with Gasteiger partial charge >= 0.3 is 5.97 Å². The lowest BCUT2D eigenvalue weighted by molar-refractivity contribution is -0.140. The number of alkyl halides is 2. The van der Waals surface area contributed by atoms with E-state index < -0.39 is 18.0 Å². The molecule has 150 valence electrons. The molecule has 0 radical (unpaired) electrons. The van der Waals surface area contributed by atoms with Crippen LogP contribution in [0, 0.1) is 0 Å². The molecular formula is C21H34F2O3. The fourth-order valence-electron chi connectivity index (χ4n) is 2.40. The van der Waals surface area contributed by atoms with E-state index in [1.165, 1.54) is 44.9 Å². The van der Waals surface area contributed by atoms with Gasteiger partial charge in [-0.3, -0.25) is 4.79 Å². The van der Waals surface area contributed by atoms with Gasteiger partial charge in [0, 0.05) is 12.8 Å². The first-order chi connectivity index (χ1) is 12.4. The van der Waals surface area contributed by atoms with Crippen LogP contribution in [0.1, 0.15) is 71.1 Å². The summed E-state index contributed by atoms with van der Waals surface area (Å²) in [6.07, 6.45) is 15.6. The number of aliphatic hydroxyl groups is 1. The summed E-state index contributed by atoms with van der Waals surface area (Å²) >= 11 is 0. The summed E-state index contributed by atoms with van der Waals surface area (Å²) in [6.45, 7) is 2.18. The van der Waals surface area contributed by atoms with Crippen LogP contribution in [0.2, 0.25) is 0 Å². The molecule has 0 saturated heterocycles.